The molecular formula is C17H21ClN4O. The first kappa shape index (κ1) is 17.2. The predicted molar refractivity (Wildman–Crippen MR) is 92.9 cm³/mol. The van der Waals surface area contributed by atoms with Crippen LogP contribution in [0.3, 0.4) is 0 Å². The third kappa shape index (κ3) is 4.66. The summed E-state index contributed by atoms with van der Waals surface area (Å²) in [7, 11) is 1.77. The Morgan fingerprint density at radius 2 is 2.09 bits per heavy atom. The molecule has 0 saturated carbocycles. The van der Waals surface area contributed by atoms with E-state index in [1.54, 1.807) is 30.3 Å². The Morgan fingerprint density at radius 1 is 1.35 bits per heavy atom. The Labute approximate surface area is 141 Å². The van der Waals surface area contributed by atoms with Crippen molar-refractivity contribution in [2.75, 3.05) is 12.4 Å². The summed E-state index contributed by atoms with van der Waals surface area (Å²) in [4.78, 5) is 22.5. The van der Waals surface area contributed by atoms with E-state index >= 15 is 0 Å². The fraction of sp³-hybridized carbons (Fsp3) is 0.353. The SMILES string of the molecule is Cc1ccnc(CC(C)N(C)C(=O)Nc2ccc(Cl)nc2C)c1. The standard InChI is InChI=1S/C17H21ClN4O/c1-11-7-8-19-14(9-11)10-12(2)22(4)17(23)21-15-5-6-16(18)20-13(15)3/h5-9,12H,10H2,1-4H3,(H,21,23). The number of rotatable bonds is 4. The molecule has 2 heterocycles. The van der Waals surface area contributed by atoms with E-state index in [4.69, 9.17) is 11.6 Å². The second kappa shape index (κ2) is 7.42. The number of halogens is 1. The molecule has 0 aliphatic heterocycles. The monoisotopic (exact) mass is 332 g/mol. The van der Waals surface area contributed by atoms with E-state index in [1.807, 2.05) is 32.9 Å². The Balaban J connectivity index is 2.01. The van der Waals surface area contributed by atoms with Gasteiger partial charge in [-0.1, -0.05) is 11.6 Å². The van der Waals surface area contributed by atoms with Gasteiger partial charge in [-0.15, -0.1) is 0 Å². The zero-order valence-corrected chi connectivity index (χ0v) is 14.6. The highest BCUT2D eigenvalue weighted by molar-refractivity contribution is 6.29. The van der Waals surface area contributed by atoms with Crippen molar-refractivity contribution < 1.29 is 4.79 Å². The normalized spacial score (nSPS) is 11.9. The third-order valence-corrected chi connectivity index (χ3v) is 3.96. The van der Waals surface area contributed by atoms with Crippen LogP contribution in [0.25, 0.3) is 0 Å². The van der Waals surface area contributed by atoms with Crippen molar-refractivity contribution in [1.29, 1.82) is 0 Å². The van der Waals surface area contributed by atoms with Gasteiger partial charge >= 0.3 is 6.03 Å². The lowest BCUT2D eigenvalue weighted by atomic mass is 10.1. The molecule has 2 aromatic rings. The number of pyridine rings is 2. The molecule has 0 fully saturated rings. The van der Waals surface area contributed by atoms with Gasteiger partial charge in [-0.25, -0.2) is 9.78 Å². The molecule has 5 nitrogen and oxygen atoms in total. The second-order valence-electron chi connectivity index (χ2n) is 5.69. The summed E-state index contributed by atoms with van der Waals surface area (Å²) in [6.45, 7) is 5.83. The van der Waals surface area contributed by atoms with E-state index in [1.165, 1.54) is 0 Å². The highest BCUT2D eigenvalue weighted by atomic mass is 35.5. The average Bonchev–Trinajstić information content (AvgIpc) is 2.49. The van der Waals surface area contributed by atoms with Crippen LogP contribution in [-0.4, -0.2) is 34.0 Å². The predicted octanol–water partition coefficient (Wildman–Crippen LogP) is 3.84. The maximum absolute atomic E-state index is 12.4. The second-order valence-corrected chi connectivity index (χ2v) is 6.07. The molecule has 0 spiro atoms. The molecule has 2 amide bonds. The number of carbonyl (C=O) groups is 1. The van der Waals surface area contributed by atoms with Gasteiger partial charge in [-0.2, -0.15) is 0 Å². The number of carbonyl (C=O) groups excluding carboxylic acids is 1. The number of nitrogens with one attached hydrogen (secondary N) is 1. The van der Waals surface area contributed by atoms with Crippen LogP contribution in [0, 0.1) is 13.8 Å². The molecular weight excluding hydrogens is 312 g/mol. The van der Waals surface area contributed by atoms with Crippen LogP contribution in [0.5, 0.6) is 0 Å². The van der Waals surface area contributed by atoms with Crippen LogP contribution in [0.2, 0.25) is 5.15 Å². The number of anilines is 1. The van der Waals surface area contributed by atoms with Crippen molar-refractivity contribution in [2.45, 2.75) is 33.2 Å². The fourth-order valence-electron chi connectivity index (χ4n) is 2.22. The quantitative estimate of drug-likeness (QED) is 0.865. The van der Waals surface area contributed by atoms with Crippen molar-refractivity contribution in [3.05, 3.63) is 52.6 Å². The van der Waals surface area contributed by atoms with Gasteiger partial charge in [0.05, 0.1) is 11.4 Å². The van der Waals surface area contributed by atoms with Gasteiger partial charge < -0.3 is 10.2 Å². The Morgan fingerprint density at radius 3 is 2.74 bits per heavy atom. The summed E-state index contributed by atoms with van der Waals surface area (Å²) in [5, 5.41) is 3.27. The van der Waals surface area contributed by atoms with Crippen LogP contribution in [0.1, 0.15) is 23.9 Å². The minimum Gasteiger partial charge on any atom is -0.324 e. The molecule has 2 rings (SSSR count). The first-order chi connectivity index (χ1) is 10.9. The number of likely N-dealkylation sites (N-methyl/N-ethyl adjacent to an activating group) is 1. The number of aromatic nitrogens is 2. The molecule has 0 radical (unpaired) electrons. The maximum atomic E-state index is 12.4. The van der Waals surface area contributed by atoms with Gasteiger partial charge in [0, 0.05) is 31.4 Å². The van der Waals surface area contributed by atoms with Crippen LogP contribution in [0.15, 0.2) is 30.5 Å². The van der Waals surface area contributed by atoms with Gasteiger partial charge in [-0.05, 0) is 50.6 Å². The largest absolute Gasteiger partial charge is 0.324 e. The van der Waals surface area contributed by atoms with Gasteiger partial charge in [0.25, 0.3) is 0 Å². The number of nitrogens with zero attached hydrogens (tertiary/aromatic N) is 3. The van der Waals surface area contributed by atoms with E-state index in [2.05, 4.69) is 15.3 Å². The minimum absolute atomic E-state index is 0.0184. The Kier molecular flexibility index (Phi) is 5.55. The third-order valence-electron chi connectivity index (χ3n) is 3.75. The van der Waals surface area contributed by atoms with Gasteiger partial charge in [0.2, 0.25) is 0 Å². The number of aryl methyl sites for hydroxylation is 2. The van der Waals surface area contributed by atoms with E-state index in [0.29, 0.717) is 23.0 Å². The van der Waals surface area contributed by atoms with Gasteiger partial charge in [-0.3, -0.25) is 4.98 Å². The summed E-state index contributed by atoms with van der Waals surface area (Å²) in [5.41, 5.74) is 3.48. The van der Waals surface area contributed by atoms with E-state index in [9.17, 15) is 4.79 Å². The Bertz CT molecular complexity index is 705. The molecule has 0 aromatic carbocycles. The number of amides is 2. The highest BCUT2D eigenvalue weighted by Crippen LogP contribution is 2.17. The van der Waals surface area contributed by atoms with Gasteiger partial charge in [0.1, 0.15) is 5.15 Å². The van der Waals surface area contributed by atoms with Crippen molar-refractivity contribution in [3.63, 3.8) is 0 Å². The molecule has 0 saturated heterocycles. The van der Waals surface area contributed by atoms with Crippen LogP contribution in [-0.2, 0) is 6.42 Å². The summed E-state index contributed by atoms with van der Waals surface area (Å²) >= 11 is 5.83. The molecule has 1 N–H and O–H groups in total. The molecule has 122 valence electrons. The highest BCUT2D eigenvalue weighted by Gasteiger charge is 2.17. The molecule has 1 unspecified atom stereocenters. The number of hydrogen-bond donors (Lipinski definition) is 1. The lowest BCUT2D eigenvalue weighted by Gasteiger charge is -2.25. The van der Waals surface area contributed by atoms with Crippen molar-refractivity contribution >= 4 is 23.3 Å². The van der Waals surface area contributed by atoms with Crippen molar-refractivity contribution in [1.82, 2.24) is 14.9 Å². The lowest BCUT2D eigenvalue weighted by molar-refractivity contribution is 0.207. The van der Waals surface area contributed by atoms with Crippen molar-refractivity contribution in [2.24, 2.45) is 0 Å². The molecule has 0 aliphatic rings. The number of urea groups is 1. The van der Waals surface area contributed by atoms with Crippen LogP contribution >= 0.6 is 11.6 Å². The van der Waals surface area contributed by atoms with E-state index < -0.39 is 0 Å². The lowest BCUT2D eigenvalue weighted by Crippen LogP contribution is -2.39. The van der Waals surface area contributed by atoms with Crippen LogP contribution in [0.4, 0.5) is 10.5 Å². The Hall–Kier alpha value is -2.14. The summed E-state index contributed by atoms with van der Waals surface area (Å²) in [5.74, 6) is 0. The van der Waals surface area contributed by atoms with E-state index in [0.717, 1.165) is 11.3 Å². The summed E-state index contributed by atoms with van der Waals surface area (Å²) in [6, 6.07) is 7.24. The van der Waals surface area contributed by atoms with Crippen molar-refractivity contribution in [3.8, 4) is 0 Å². The number of hydrogen-bond acceptors (Lipinski definition) is 3. The molecule has 0 aliphatic carbocycles. The zero-order chi connectivity index (χ0) is 17.0. The summed E-state index contributed by atoms with van der Waals surface area (Å²) in [6.07, 6.45) is 2.49. The topological polar surface area (TPSA) is 58.1 Å². The first-order valence-corrected chi connectivity index (χ1v) is 7.83. The van der Waals surface area contributed by atoms with E-state index in [-0.39, 0.29) is 12.1 Å². The average molecular weight is 333 g/mol. The first-order valence-electron chi connectivity index (χ1n) is 7.45. The summed E-state index contributed by atoms with van der Waals surface area (Å²) < 4.78 is 0. The molecule has 2 aromatic heterocycles. The molecule has 0 bridgehead atoms. The van der Waals surface area contributed by atoms with Crippen LogP contribution < -0.4 is 5.32 Å². The molecule has 1 atom stereocenters. The minimum atomic E-state index is -0.183. The maximum Gasteiger partial charge on any atom is 0.321 e. The smallest absolute Gasteiger partial charge is 0.321 e. The van der Waals surface area contributed by atoms with Gasteiger partial charge in [0.15, 0.2) is 0 Å². The molecule has 23 heavy (non-hydrogen) atoms. The molecule has 6 heteroatoms. The fourth-order valence-corrected chi connectivity index (χ4v) is 2.41. The zero-order valence-electron chi connectivity index (χ0n) is 13.8.